The Hall–Kier alpha value is -0.480. The Bertz CT molecular complexity index is 318. The normalized spacial score (nSPS) is 20.4. The molecule has 0 atom stereocenters. The molecule has 1 fully saturated rings. The molecule has 84 valence electrons. The number of aromatic nitrogens is 2. The maximum absolute atomic E-state index is 5.41. The number of nitrogens with zero attached hydrogens (tertiary/aromatic N) is 2. The van der Waals surface area contributed by atoms with Crippen molar-refractivity contribution in [2.24, 2.45) is 5.41 Å². The first kappa shape index (κ1) is 11.0. The van der Waals surface area contributed by atoms with E-state index in [0.29, 0.717) is 0 Å². The van der Waals surface area contributed by atoms with Crippen LogP contribution in [0, 0.1) is 12.3 Å². The van der Waals surface area contributed by atoms with Gasteiger partial charge in [-0.1, -0.05) is 0 Å². The molecular formula is C11H18N2OS. The molecule has 1 aliphatic rings. The molecule has 2 rings (SSSR count). The maximum Gasteiger partial charge on any atom is 0.0518 e. The third kappa shape index (κ3) is 2.55. The van der Waals surface area contributed by atoms with Gasteiger partial charge >= 0.3 is 0 Å². The molecule has 1 aromatic rings. The Kier molecular flexibility index (Phi) is 3.36. The van der Waals surface area contributed by atoms with Gasteiger partial charge in [0.25, 0.3) is 0 Å². The molecule has 4 heteroatoms. The summed E-state index contributed by atoms with van der Waals surface area (Å²) in [7, 11) is 0. The van der Waals surface area contributed by atoms with Crippen LogP contribution in [0.4, 0.5) is 0 Å². The van der Waals surface area contributed by atoms with E-state index in [-0.39, 0.29) is 5.41 Å². The van der Waals surface area contributed by atoms with Gasteiger partial charge in [0.1, 0.15) is 0 Å². The summed E-state index contributed by atoms with van der Waals surface area (Å²) in [6.45, 7) is 4.76. The van der Waals surface area contributed by atoms with Gasteiger partial charge in [0.15, 0.2) is 0 Å². The summed E-state index contributed by atoms with van der Waals surface area (Å²) in [4.78, 5) is 0. The molecule has 1 saturated heterocycles. The molecule has 0 N–H and O–H groups in total. The number of hydrogen-bond donors (Lipinski definition) is 1. The minimum Gasteiger partial charge on any atom is -0.381 e. The van der Waals surface area contributed by atoms with Gasteiger partial charge in [-0.2, -0.15) is 17.7 Å². The van der Waals surface area contributed by atoms with E-state index >= 15 is 0 Å². The largest absolute Gasteiger partial charge is 0.381 e. The topological polar surface area (TPSA) is 27.1 Å². The van der Waals surface area contributed by atoms with Crippen molar-refractivity contribution in [2.75, 3.05) is 19.0 Å². The van der Waals surface area contributed by atoms with Crippen LogP contribution in [0.15, 0.2) is 12.4 Å². The Labute approximate surface area is 96.2 Å². The lowest BCUT2D eigenvalue weighted by atomic mass is 9.82. The van der Waals surface area contributed by atoms with Crippen molar-refractivity contribution in [3.05, 3.63) is 18.0 Å². The second kappa shape index (κ2) is 4.58. The smallest absolute Gasteiger partial charge is 0.0518 e. The Morgan fingerprint density at radius 3 is 2.80 bits per heavy atom. The van der Waals surface area contributed by atoms with Gasteiger partial charge in [-0.3, -0.25) is 4.68 Å². The van der Waals surface area contributed by atoms with Crippen LogP contribution in [0.3, 0.4) is 0 Å². The van der Waals surface area contributed by atoms with Crippen LogP contribution in [-0.4, -0.2) is 28.7 Å². The zero-order valence-electron chi connectivity index (χ0n) is 9.15. The molecule has 0 aliphatic carbocycles. The second-order valence-corrected chi connectivity index (χ2v) is 4.80. The lowest BCUT2D eigenvalue weighted by molar-refractivity contribution is 0.0165. The minimum atomic E-state index is 0.278. The van der Waals surface area contributed by atoms with Gasteiger partial charge in [0.05, 0.1) is 6.20 Å². The van der Waals surface area contributed by atoms with Gasteiger partial charge in [-0.15, -0.1) is 0 Å². The summed E-state index contributed by atoms with van der Waals surface area (Å²) in [5, 5.41) is 4.34. The average molecular weight is 226 g/mol. The quantitative estimate of drug-likeness (QED) is 0.797. The van der Waals surface area contributed by atoms with Crippen LogP contribution in [0.2, 0.25) is 0 Å². The van der Waals surface area contributed by atoms with Crippen molar-refractivity contribution < 1.29 is 4.74 Å². The fraction of sp³-hybridized carbons (Fsp3) is 0.727. The van der Waals surface area contributed by atoms with Crippen LogP contribution in [0.1, 0.15) is 18.4 Å². The van der Waals surface area contributed by atoms with Crippen molar-refractivity contribution >= 4 is 12.6 Å². The highest BCUT2D eigenvalue weighted by atomic mass is 32.1. The third-order valence-electron chi connectivity index (χ3n) is 3.15. The fourth-order valence-corrected chi connectivity index (χ4v) is 2.48. The predicted octanol–water partition coefficient (Wildman–Crippen LogP) is 1.92. The van der Waals surface area contributed by atoms with Crippen molar-refractivity contribution in [3.8, 4) is 0 Å². The SMILES string of the molecule is Cc1cnn(CC2(CS)CCOCC2)c1. The molecular weight excluding hydrogens is 208 g/mol. The molecule has 2 heterocycles. The summed E-state index contributed by atoms with van der Waals surface area (Å²) in [6.07, 6.45) is 6.19. The number of aryl methyl sites for hydroxylation is 1. The average Bonchev–Trinajstić information content (AvgIpc) is 2.65. The van der Waals surface area contributed by atoms with E-state index in [4.69, 9.17) is 4.74 Å². The zero-order valence-corrected chi connectivity index (χ0v) is 10.0. The van der Waals surface area contributed by atoms with E-state index in [1.165, 1.54) is 5.56 Å². The van der Waals surface area contributed by atoms with E-state index in [1.54, 1.807) is 0 Å². The summed E-state index contributed by atoms with van der Waals surface area (Å²) < 4.78 is 7.44. The Morgan fingerprint density at radius 2 is 2.27 bits per heavy atom. The van der Waals surface area contributed by atoms with E-state index in [1.807, 2.05) is 10.9 Å². The monoisotopic (exact) mass is 226 g/mol. The summed E-state index contributed by atoms with van der Waals surface area (Å²) in [6, 6.07) is 0. The molecule has 15 heavy (non-hydrogen) atoms. The standard InChI is InChI=1S/C11H18N2OS/c1-10-6-12-13(7-10)8-11(9-15)2-4-14-5-3-11/h6-7,15H,2-5,8-9H2,1H3. The molecule has 1 aliphatic heterocycles. The molecule has 0 amide bonds. The summed E-state index contributed by atoms with van der Waals surface area (Å²) in [5.41, 5.74) is 1.50. The summed E-state index contributed by atoms with van der Waals surface area (Å²) >= 11 is 4.49. The molecule has 1 aromatic heterocycles. The van der Waals surface area contributed by atoms with Gasteiger partial charge in [0, 0.05) is 31.4 Å². The first-order valence-corrected chi connectivity index (χ1v) is 6.05. The third-order valence-corrected chi connectivity index (χ3v) is 3.82. The first-order valence-electron chi connectivity index (χ1n) is 5.42. The van der Waals surface area contributed by atoms with Crippen LogP contribution in [-0.2, 0) is 11.3 Å². The van der Waals surface area contributed by atoms with E-state index in [9.17, 15) is 0 Å². The predicted molar refractivity (Wildman–Crippen MR) is 63.3 cm³/mol. The Morgan fingerprint density at radius 1 is 1.53 bits per heavy atom. The highest BCUT2D eigenvalue weighted by molar-refractivity contribution is 7.80. The summed E-state index contributed by atoms with van der Waals surface area (Å²) in [5.74, 6) is 0.912. The minimum absolute atomic E-state index is 0.278. The number of ether oxygens (including phenoxy) is 1. The first-order chi connectivity index (χ1) is 7.24. The highest BCUT2D eigenvalue weighted by Gasteiger charge is 2.31. The molecule has 0 saturated carbocycles. The van der Waals surface area contributed by atoms with Crippen molar-refractivity contribution in [2.45, 2.75) is 26.3 Å². The van der Waals surface area contributed by atoms with Crippen molar-refractivity contribution in [1.82, 2.24) is 9.78 Å². The van der Waals surface area contributed by atoms with Gasteiger partial charge in [-0.25, -0.2) is 0 Å². The lowest BCUT2D eigenvalue weighted by Crippen LogP contribution is -2.35. The molecule has 0 radical (unpaired) electrons. The van der Waals surface area contributed by atoms with Crippen molar-refractivity contribution in [3.63, 3.8) is 0 Å². The molecule has 0 unspecified atom stereocenters. The number of rotatable bonds is 3. The van der Waals surface area contributed by atoms with Crippen molar-refractivity contribution in [1.29, 1.82) is 0 Å². The van der Waals surface area contributed by atoms with Crippen LogP contribution in [0.5, 0.6) is 0 Å². The maximum atomic E-state index is 5.41. The van der Waals surface area contributed by atoms with E-state index in [0.717, 1.165) is 38.4 Å². The molecule has 0 bridgehead atoms. The number of thiol groups is 1. The van der Waals surface area contributed by atoms with E-state index in [2.05, 4.69) is 30.8 Å². The molecule has 0 aromatic carbocycles. The van der Waals surface area contributed by atoms with Crippen LogP contribution < -0.4 is 0 Å². The van der Waals surface area contributed by atoms with E-state index < -0.39 is 0 Å². The number of hydrogen-bond acceptors (Lipinski definition) is 3. The van der Waals surface area contributed by atoms with Crippen LogP contribution in [0.25, 0.3) is 0 Å². The molecule has 3 nitrogen and oxygen atoms in total. The lowest BCUT2D eigenvalue weighted by Gasteiger charge is -2.35. The zero-order chi connectivity index (χ0) is 10.7. The molecule has 0 spiro atoms. The van der Waals surface area contributed by atoms with Gasteiger partial charge in [-0.05, 0) is 31.1 Å². The van der Waals surface area contributed by atoms with Gasteiger partial charge in [0.2, 0.25) is 0 Å². The van der Waals surface area contributed by atoms with Gasteiger partial charge < -0.3 is 4.74 Å². The Balaban J connectivity index is 2.06. The highest BCUT2D eigenvalue weighted by Crippen LogP contribution is 2.33. The van der Waals surface area contributed by atoms with Crippen LogP contribution >= 0.6 is 12.6 Å². The fourth-order valence-electron chi connectivity index (χ4n) is 2.07. The second-order valence-electron chi connectivity index (χ2n) is 4.49.